The average Bonchev–Trinajstić information content (AvgIpc) is 2.80. The highest BCUT2D eigenvalue weighted by atomic mass is 19.1. The van der Waals surface area contributed by atoms with E-state index in [0.29, 0.717) is 6.54 Å². The molecule has 0 aliphatic carbocycles. The number of aliphatic hydroxyl groups is 1. The van der Waals surface area contributed by atoms with Gasteiger partial charge in [-0.3, -0.25) is 4.90 Å². The van der Waals surface area contributed by atoms with E-state index in [2.05, 4.69) is 21.9 Å². The number of aliphatic hydroxyl groups excluding tert-OH is 1. The van der Waals surface area contributed by atoms with Crippen molar-refractivity contribution in [3.05, 3.63) is 84.7 Å². The van der Waals surface area contributed by atoms with Gasteiger partial charge in [0, 0.05) is 38.4 Å². The van der Waals surface area contributed by atoms with Crippen LogP contribution >= 0.6 is 0 Å². The molecule has 1 saturated heterocycles. The number of piperazine rings is 1. The van der Waals surface area contributed by atoms with E-state index in [4.69, 9.17) is 4.74 Å². The third-order valence-corrected chi connectivity index (χ3v) is 5.44. The predicted molar refractivity (Wildman–Crippen MR) is 118 cm³/mol. The van der Waals surface area contributed by atoms with Gasteiger partial charge in [-0.15, -0.1) is 0 Å². The maximum Gasteiger partial charge on any atom is 0.123 e. The fourth-order valence-electron chi connectivity index (χ4n) is 3.76. The topological polar surface area (TPSA) is 35.9 Å². The van der Waals surface area contributed by atoms with E-state index in [1.54, 1.807) is 0 Å². The van der Waals surface area contributed by atoms with Gasteiger partial charge in [0.1, 0.15) is 24.3 Å². The van der Waals surface area contributed by atoms with Crippen LogP contribution in [0, 0.1) is 5.82 Å². The first-order valence-corrected chi connectivity index (χ1v) is 10.4. The van der Waals surface area contributed by atoms with E-state index in [0.717, 1.165) is 43.2 Å². The summed E-state index contributed by atoms with van der Waals surface area (Å²) < 4.78 is 18.9. The fourth-order valence-corrected chi connectivity index (χ4v) is 3.76. The molecule has 3 aromatic rings. The number of halogens is 1. The predicted octanol–water partition coefficient (Wildman–Crippen LogP) is 4.05. The van der Waals surface area contributed by atoms with E-state index < -0.39 is 6.10 Å². The zero-order chi connectivity index (χ0) is 20.8. The second-order valence-corrected chi connectivity index (χ2v) is 7.62. The molecular formula is C25H27FN2O2. The van der Waals surface area contributed by atoms with Gasteiger partial charge in [0.25, 0.3) is 0 Å². The lowest BCUT2D eigenvalue weighted by molar-refractivity contribution is 0.0663. The molecule has 1 atom stereocenters. The number of benzene rings is 3. The Labute approximate surface area is 177 Å². The SMILES string of the molecule is O[C@H](COc1ccc(-c2ccccc2)cc1)CN1CCN(c2ccc(F)cc2)CC1. The molecule has 0 bridgehead atoms. The van der Waals surface area contributed by atoms with Gasteiger partial charge in [0.05, 0.1) is 0 Å². The van der Waals surface area contributed by atoms with Gasteiger partial charge in [-0.25, -0.2) is 4.39 Å². The number of β-amino-alcohol motifs (C(OH)–C–C–N with tert-alkyl or cyclic N) is 1. The van der Waals surface area contributed by atoms with E-state index in [1.807, 2.05) is 54.6 Å². The molecule has 5 heteroatoms. The standard InChI is InChI=1S/C25H27FN2O2/c26-22-8-10-23(11-9-22)28-16-14-27(15-17-28)18-24(29)19-30-25-12-6-21(7-13-25)20-4-2-1-3-5-20/h1-13,24,29H,14-19H2/t24-/m0/s1. The molecular weight excluding hydrogens is 379 g/mol. The molecule has 0 unspecified atom stereocenters. The molecule has 0 amide bonds. The summed E-state index contributed by atoms with van der Waals surface area (Å²) in [5, 5.41) is 10.4. The van der Waals surface area contributed by atoms with Crippen LogP contribution in [-0.4, -0.2) is 55.4 Å². The van der Waals surface area contributed by atoms with Gasteiger partial charge in [-0.05, 0) is 47.5 Å². The Balaban J connectivity index is 1.21. The second kappa shape index (κ2) is 9.74. The summed E-state index contributed by atoms with van der Waals surface area (Å²) in [6, 6.07) is 24.8. The zero-order valence-corrected chi connectivity index (χ0v) is 17.0. The smallest absolute Gasteiger partial charge is 0.123 e. The number of rotatable bonds is 7. The Bertz CT molecular complexity index is 908. The highest BCUT2D eigenvalue weighted by Crippen LogP contribution is 2.22. The third kappa shape index (κ3) is 5.38. The summed E-state index contributed by atoms with van der Waals surface area (Å²) in [6.45, 7) is 4.29. The molecule has 0 spiro atoms. The highest BCUT2D eigenvalue weighted by Gasteiger charge is 2.19. The van der Waals surface area contributed by atoms with Gasteiger partial charge in [0.15, 0.2) is 0 Å². The van der Waals surface area contributed by atoms with Gasteiger partial charge in [-0.1, -0.05) is 42.5 Å². The average molecular weight is 407 g/mol. The van der Waals surface area contributed by atoms with Crippen molar-refractivity contribution in [3.63, 3.8) is 0 Å². The first-order valence-electron chi connectivity index (χ1n) is 10.4. The lowest BCUT2D eigenvalue weighted by atomic mass is 10.1. The van der Waals surface area contributed by atoms with Crippen molar-refractivity contribution < 1.29 is 14.2 Å². The number of hydrogen-bond donors (Lipinski definition) is 1. The van der Waals surface area contributed by atoms with E-state index in [-0.39, 0.29) is 12.4 Å². The summed E-state index contributed by atoms with van der Waals surface area (Å²) >= 11 is 0. The lowest BCUT2D eigenvalue weighted by Gasteiger charge is -2.36. The Morgan fingerprint density at radius 3 is 2.10 bits per heavy atom. The zero-order valence-electron chi connectivity index (χ0n) is 17.0. The van der Waals surface area contributed by atoms with Crippen LogP contribution in [0.1, 0.15) is 0 Å². The summed E-state index contributed by atoms with van der Waals surface area (Å²) in [4.78, 5) is 4.49. The molecule has 1 aliphatic rings. The van der Waals surface area contributed by atoms with Crippen molar-refractivity contribution in [1.82, 2.24) is 4.90 Å². The Hall–Kier alpha value is -2.89. The molecule has 4 rings (SSSR count). The van der Waals surface area contributed by atoms with E-state index in [1.165, 1.54) is 17.7 Å². The van der Waals surface area contributed by atoms with Gasteiger partial charge < -0.3 is 14.7 Å². The van der Waals surface area contributed by atoms with Crippen LogP contribution in [-0.2, 0) is 0 Å². The minimum Gasteiger partial charge on any atom is -0.491 e. The number of anilines is 1. The minimum absolute atomic E-state index is 0.213. The fraction of sp³-hybridized carbons (Fsp3) is 0.280. The van der Waals surface area contributed by atoms with E-state index in [9.17, 15) is 9.50 Å². The molecule has 1 fully saturated rings. The first-order chi connectivity index (χ1) is 14.7. The Kier molecular flexibility index (Phi) is 6.62. The molecule has 1 N–H and O–H groups in total. The number of ether oxygens (including phenoxy) is 1. The van der Waals surface area contributed by atoms with Crippen LogP contribution in [0.25, 0.3) is 11.1 Å². The largest absolute Gasteiger partial charge is 0.491 e. The first kappa shape index (κ1) is 20.4. The van der Waals surface area contributed by atoms with Crippen LogP contribution in [0.15, 0.2) is 78.9 Å². The molecule has 30 heavy (non-hydrogen) atoms. The van der Waals surface area contributed by atoms with Crippen LogP contribution in [0.3, 0.4) is 0 Å². The Morgan fingerprint density at radius 2 is 1.43 bits per heavy atom. The lowest BCUT2D eigenvalue weighted by Crippen LogP contribution is -2.49. The number of nitrogens with zero attached hydrogens (tertiary/aromatic N) is 2. The second-order valence-electron chi connectivity index (χ2n) is 7.62. The Morgan fingerprint density at radius 1 is 0.800 bits per heavy atom. The van der Waals surface area contributed by atoms with Crippen LogP contribution in [0.4, 0.5) is 10.1 Å². The summed E-state index contributed by atoms with van der Waals surface area (Å²) in [6.07, 6.45) is -0.545. The maximum atomic E-state index is 13.1. The quantitative estimate of drug-likeness (QED) is 0.642. The van der Waals surface area contributed by atoms with Crippen molar-refractivity contribution in [2.45, 2.75) is 6.10 Å². The monoisotopic (exact) mass is 406 g/mol. The van der Waals surface area contributed by atoms with Crippen molar-refractivity contribution in [3.8, 4) is 16.9 Å². The van der Waals surface area contributed by atoms with Crippen LogP contribution < -0.4 is 9.64 Å². The van der Waals surface area contributed by atoms with Crippen molar-refractivity contribution >= 4 is 5.69 Å². The number of hydrogen-bond acceptors (Lipinski definition) is 4. The minimum atomic E-state index is -0.545. The molecule has 1 aliphatic heterocycles. The maximum absolute atomic E-state index is 13.1. The van der Waals surface area contributed by atoms with Crippen LogP contribution in [0.5, 0.6) is 5.75 Å². The molecule has 4 nitrogen and oxygen atoms in total. The summed E-state index contributed by atoms with van der Waals surface area (Å²) in [5.74, 6) is 0.546. The van der Waals surface area contributed by atoms with Gasteiger partial charge in [-0.2, -0.15) is 0 Å². The molecule has 156 valence electrons. The molecule has 3 aromatic carbocycles. The molecule has 0 saturated carbocycles. The van der Waals surface area contributed by atoms with E-state index >= 15 is 0 Å². The molecule has 1 heterocycles. The molecule has 0 aromatic heterocycles. The summed E-state index contributed by atoms with van der Waals surface area (Å²) in [7, 11) is 0. The van der Waals surface area contributed by atoms with Crippen LogP contribution in [0.2, 0.25) is 0 Å². The van der Waals surface area contributed by atoms with Crippen molar-refractivity contribution in [1.29, 1.82) is 0 Å². The van der Waals surface area contributed by atoms with Gasteiger partial charge >= 0.3 is 0 Å². The third-order valence-electron chi connectivity index (χ3n) is 5.44. The van der Waals surface area contributed by atoms with Crippen molar-refractivity contribution in [2.75, 3.05) is 44.2 Å². The highest BCUT2D eigenvalue weighted by molar-refractivity contribution is 5.63. The summed E-state index contributed by atoms with van der Waals surface area (Å²) in [5.41, 5.74) is 3.35. The van der Waals surface area contributed by atoms with Gasteiger partial charge in [0.2, 0.25) is 0 Å². The molecule has 0 radical (unpaired) electrons. The van der Waals surface area contributed by atoms with Crippen molar-refractivity contribution in [2.24, 2.45) is 0 Å². The normalized spacial score (nSPS) is 15.7.